The summed E-state index contributed by atoms with van der Waals surface area (Å²) >= 11 is 0. The van der Waals surface area contributed by atoms with E-state index in [0.29, 0.717) is 19.3 Å². The van der Waals surface area contributed by atoms with Gasteiger partial charge in [0.05, 0.1) is 18.3 Å². The number of hydrogen-bond donors (Lipinski definition) is 3. The van der Waals surface area contributed by atoms with Crippen LogP contribution in [0.25, 0.3) is 0 Å². The Balaban J connectivity index is 2.35. The topological polar surface area (TPSA) is 60.7 Å². The third-order valence-corrected chi connectivity index (χ3v) is 1.75. The standard InChI is InChI=1S/C6H12O3/c7-4-1-2-5(8)6(9)3-4/h4-9H,1-3H2/t4?,5?,6-/m1/s1. The van der Waals surface area contributed by atoms with Crippen molar-refractivity contribution in [2.24, 2.45) is 0 Å². The van der Waals surface area contributed by atoms with Gasteiger partial charge in [-0.05, 0) is 12.8 Å². The molecule has 54 valence electrons. The van der Waals surface area contributed by atoms with Crippen molar-refractivity contribution in [1.29, 1.82) is 0 Å². The molecule has 0 spiro atoms. The molecule has 1 saturated carbocycles. The van der Waals surface area contributed by atoms with Crippen LogP contribution in [0.15, 0.2) is 0 Å². The lowest BCUT2D eigenvalue weighted by atomic mass is 9.93. The molecular weight excluding hydrogens is 120 g/mol. The second kappa shape index (κ2) is 2.64. The molecule has 0 radical (unpaired) electrons. The number of rotatable bonds is 0. The van der Waals surface area contributed by atoms with Gasteiger partial charge in [0.15, 0.2) is 0 Å². The van der Waals surface area contributed by atoms with E-state index in [4.69, 9.17) is 15.3 Å². The molecule has 1 fully saturated rings. The molecule has 0 aliphatic heterocycles. The van der Waals surface area contributed by atoms with E-state index in [0.717, 1.165) is 0 Å². The van der Waals surface area contributed by atoms with Crippen LogP contribution in [-0.2, 0) is 0 Å². The fourth-order valence-electron chi connectivity index (χ4n) is 1.11. The highest BCUT2D eigenvalue weighted by molar-refractivity contribution is 4.77. The highest BCUT2D eigenvalue weighted by Gasteiger charge is 2.25. The normalized spacial score (nSPS) is 45.0. The molecule has 0 aromatic rings. The number of aliphatic hydroxyl groups is 3. The zero-order chi connectivity index (χ0) is 6.85. The molecule has 9 heavy (non-hydrogen) atoms. The summed E-state index contributed by atoms with van der Waals surface area (Å²) in [6.07, 6.45) is -0.299. The first-order valence-electron chi connectivity index (χ1n) is 3.24. The summed E-state index contributed by atoms with van der Waals surface area (Å²) in [5.41, 5.74) is 0. The van der Waals surface area contributed by atoms with Crippen molar-refractivity contribution < 1.29 is 15.3 Å². The minimum Gasteiger partial charge on any atom is -0.393 e. The van der Waals surface area contributed by atoms with Crippen molar-refractivity contribution >= 4 is 0 Å². The van der Waals surface area contributed by atoms with Gasteiger partial charge in [-0.25, -0.2) is 0 Å². The zero-order valence-electron chi connectivity index (χ0n) is 5.20. The third-order valence-electron chi connectivity index (χ3n) is 1.75. The Morgan fingerprint density at radius 1 is 0.889 bits per heavy atom. The maximum absolute atomic E-state index is 8.94. The fourth-order valence-corrected chi connectivity index (χ4v) is 1.11. The summed E-state index contributed by atoms with van der Waals surface area (Å²) < 4.78 is 0. The Bertz CT molecular complexity index is 94.3. The molecule has 3 heteroatoms. The predicted octanol–water partition coefficient (Wildman–Crippen LogP) is -0.747. The van der Waals surface area contributed by atoms with Crippen molar-refractivity contribution in [3.63, 3.8) is 0 Å². The quantitative estimate of drug-likeness (QED) is 0.406. The first-order chi connectivity index (χ1) is 4.20. The first kappa shape index (κ1) is 6.99. The molecule has 3 nitrogen and oxygen atoms in total. The molecule has 0 heterocycles. The molecule has 1 aliphatic carbocycles. The molecular formula is C6H12O3. The summed E-state index contributed by atoms with van der Waals surface area (Å²) in [6, 6.07) is 0. The third kappa shape index (κ3) is 1.64. The van der Waals surface area contributed by atoms with Gasteiger partial charge in [0.2, 0.25) is 0 Å². The lowest BCUT2D eigenvalue weighted by Crippen LogP contribution is -2.35. The van der Waals surface area contributed by atoms with E-state index in [1.807, 2.05) is 0 Å². The maximum Gasteiger partial charge on any atom is 0.0823 e. The molecule has 3 N–H and O–H groups in total. The SMILES string of the molecule is OC1CCC(O)[C@H](O)C1. The molecule has 0 aromatic heterocycles. The Morgan fingerprint density at radius 3 is 2.00 bits per heavy atom. The van der Waals surface area contributed by atoms with Crippen molar-refractivity contribution in [3.05, 3.63) is 0 Å². The van der Waals surface area contributed by atoms with E-state index in [2.05, 4.69) is 0 Å². The highest BCUT2D eigenvalue weighted by atomic mass is 16.3. The van der Waals surface area contributed by atoms with Gasteiger partial charge in [0, 0.05) is 6.42 Å². The van der Waals surface area contributed by atoms with E-state index in [1.54, 1.807) is 0 Å². The van der Waals surface area contributed by atoms with Crippen LogP contribution in [-0.4, -0.2) is 33.6 Å². The molecule has 1 aliphatic rings. The monoisotopic (exact) mass is 132 g/mol. The van der Waals surface area contributed by atoms with Gasteiger partial charge in [-0.15, -0.1) is 0 Å². The zero-order valence-corrected chi connectivity index (χ0v) is 5.20. The van der Waals surface area contributed by atoms with Gasteiger partial charge < -0.3 is 15.3 Å². The summed E-state index contributed by atoms with van der Waals surface area (Å²) in [4.78, 5) is 0. The van der Waals surface area contributed by atoms with Gasteiger partial charge in [0.25, 0.3) is 0 Å². The van der Waals surface area contributed by atoms with Crippen LogP contribution in [0, 0.1) is 0 Å². The van der Waals surface area contributed by atoms with Crippen molar-refractivity contribution in [2.45, 2.75) is 37.6 Å². The second-order valence-electron chi connectivity index (χ2n) is 2.60. The van der Waals surface area contributed by atoms with Crippen LogP contribution >= 0.6 is 0 Å². The van der Waals surface area contributed by atoms with E-state index >= 15 is 0 Å². The van der Waals surface area contributed by atoms with E-state index in [1.165, 1.54) is 0 Å². The Kier molecular flexibility index (Phi) is 2.05. The summed E-state index contributed by atoms with van der Waals surface area (Å²) in [5, 5.41) is 26.8. The highest BCUT2D eigenvalue weighted by Crippen LogP contribution is 2.18. The van der Waals surface area contributed by atoms with E-state index < -0.39 is 18.3 Å². The van der Waals surface area contributed by atoms with Gasteiger partial charge in [0.1, 0.15) is 0 Å². The van der Waals surface area contributed by atoms with Crippen LogP contribution in [0.2, 0.25) is 0 Å². The molecule has 0 amide bonds. The van der Waals surface area contributed by atoms with Gasteiger partial charge in [-0.3, -0.25) is 0 Å². The minimum atomic E-state index is -0.714. The maximum atomic E-state index is 8.94. The van der Waals surface area contributed by atoms with Crippen LogP contribution < -0.4 is 0 Å². The number of hydrogen-bond acceptors (Lipinski definition) is 3. The lowest BCUT2D eigenvalue weighted by molar-refractivity contribution is -0.0494. The van der Waals surface area contributed by atoms with Crippen molar-refractivity contribution in [2.75, 3.05) is 0 Å². The summed E-state index contributed by atoms with van der Waals surface area (Å²) in [5.74, 6) is 0. The fraction of sp³-hybridized carbons (Fsp3) is 1.00. The molecule has 2 unspecified atom stereocenters. The average molecular weight is 132 g/mol. The van der Waals surface area contributed by atoms with Crippen LogP contribution in [0.5, 0.6) is 0 Å². The lowest BCUT2D eigenvalue weighted by Gasteiger charge is -2.26. The molecule has 1 rings (SSSR count). The van der Waals surface area contributed by atoms with Crippen LogP contribution in [0.1, 0.15) is 19.3 Å². The summed E-state index contributed by atoms with van der Waals surface area (Å²) in [6.45, 7) is 0. The molecule has 3 atom stereocenters. The van der Waals surface area contributed by atoms with Gasteiger partial charge >= 0.3 is 0 Å². The molecule has 0 aromatic carbocycles. The molecule has 0 bridgehead atoms. The first-order valence-corrected chi connectivity index (χ1v) is 3.24. The smallest absolute Gasteiger partial charge is 0.0823 e. The second-order valence-corrected chi connectivity index (χ2v) is 2.60. The minimum absolute atomic E-state index is 0.321. The summed E-state index contributed by atoms with van der Waals surface area (Å²) in [7, 11) is 0. The largest absolute Gasteiger partial charge is 0.393 e. The van der Waals surface area contributed by atoms with Crippen LogP contribution in [0.4, 0.5) is 0 Å². The molecule has 0 saturated heterocycles. The van der Waals surface area contributed by atoms with Crippen LogP contribution in [0.3, 0.4) is 0 Å². The Hall–Kier alpha value is -0.120. The van der Waals surface area contributed by atoms with Gasteiger partial charge in [-0.2, -0.15) is 0 Å². The van der Waals surface area contributed by atoms with Gasteiger partial charge in [-0.1, -0.05) is 0 Å². The Labute approximate surface area is 53.9 Å². The van der Waals surface area contributed by atoms with Crippen molar-refractivity contribution in [1.82, 2.24) is 0 Å². The number of aliphatic hydroxyl groups excluding tert-OH is 3. The van der Waals surface area contributed by atoms with E-state index in [9.17, 15) is 0 Å². The van der Waals surface area contributed by atoms with Crippen molar-refractivity contribution in [3.8, 4) is 0 Å². The van der Waals surface area contributed by atoms with E-state index in [-0.39, 0.29) is 0 Å². The Morgan fingerprint density at radius 2 is 1.56 bits per heavy atom. The average Bonchev–Trinajstić information content (AvgIpc) is 1.80. The predicted molar refractivity (Wildman–Crippen MR) is 31.9 cm³/mol.